The van der Waals surface area contributed by atoms with Gasteiger partial charge in [0.2, 0.25) is 0 Å². The first-order valence-corrected chi connectivity index (χ1v) is 9.64. The zero-order valence-electron chi connectivity index (χ0n) is 12.4. The number of anilines is 1. The van der Waals surface area contributed by atoms with Crippen molar-refractivity contribution in [2.45, 2.75) is 11.4 Å². The molecule has 0 radical (unpaired) electrons. The van der Waals surface area contributed by atoms with E-state index in [1.54, 1.807) is 29.1 Å². The first-order chi connectivity index (χ1) is 11.4. The molecule has 0 saturated heterocycles. The van der Waals surface area contributed by atoms with Crippen LogP contribution in [0.3, 0.4) is 0 Å². The summed E-state index contributed by atoms with van der Waals surface area (Å²) in [6.45, 7) is 0.458. The lowest BCUT2D eigenvalue weighted by Crippen LogP contribution is -2.12. The van der Waals surface area contributed by atoms with Gasteiger partial charge in [-0.15, -0.1) is 0 Å². The minimum absolute atomic E-state index is 0.185. The van der Waals surface area contributed by atoms with Gasteiger partial charge in [-0.3, -0.25) is 9.40 Å². The second-order valence-electron chi connectivity index (χ2n) is 5.08. The number of nitrogens with zero attached hydrogens (tertiary/aromatic N) is 2. The highest BCUT2D eigenvalue weighted by Crippen LogP contribution is 2.20. The zero-order valence-corrected chi connectivity index (χ0v) is 15.5. The number of nitrogens with one attached hydrogen (secondary N) is 1. The van der Waals surface area contributed by atoms with Crippen molar-refractivity contribution in [1.82, 2.24) is 9.78 Å². The standard InChI is InChI=1S/C16H13BrClN3O2S/c17-13-5-7-15(8-6-13)24(22,23)20-14-9-19-21(11-14)10-12-3-1-2-4-16(12)18/h1-9,11,20H,10H2. The Bertz CT molecular complexity index is 955. The van der Waals surface area contributed by atoms with Gasteiger partial charge in [0.15, 0.2) is 0 Å². The Morgan fingerprint density at radius 3 is 2.54 bits per heavy atom. The van der Waals surface area contributed by atoms with Crippen molar-refractivity contribution < 1.29 is 8.42 Å². The van der Waals surface area contributed by atoms with Crippen molar-refractivity contribution in [3.63, 3.8) is 0 Å². The maximum absolute atomic E-state index is 12.4. The molecule has 0 aliphatic rings. The quantitative estimate of drug-likeness (QED) is 0.666. The Labute approximate surface area is 153 Å². The fraction of sp³-hybridized carbons (Fsp3) is 0.0625. The summed E-state index contributed by atoms with van der Waals surface area (Å²) in [4.78, 5) is 0.185. The van der Waals surface area contributed by atoms with Crippen LogP contribution in [0.5, 0.6) is 0 Å². The van der Waals surface area contributed by atoms with E-state index in [-0.39, 0.29) is 4.90 Å². The van der Waals surface area contributed by atoms with Crippen LogP contribution in [0.4, 0.5) is 5.69 Å². The molecule has 0 aliphatic carbocycles. The molecule has 0 unspecified atom stereocenters. The smallest absolute Gasteiger partial charge is 0.261 e. The molecule has 5 nitrogen and oxygen atoms in total. The van der Waals surface area contributed by atoms with Gasteiger partial charge in [0.05, 0.1) is 23.3 Å². The molecular weight excluding hydrogens is 414 g/mol. The molecule has 124 valence electrons. The van der Waals surface area contributed by atoms with E-state index in [4.69, 9.17) is 11.6 Å². The molecule has 3 rings (SSSR count). The first kappa shape index (κ1) is 17.0. The molecule has 24 heavy (non-hydrogen) atoms. The molecule has 3 aromatic rings. The van der Waals surface area contributed by atoms with Crippen molar-refractivity contribution in [1.29, 1.82) is 0 Å². The van der Waals surface area contributed by atoms with Crippen molar-refractivity contribution in [2.75, 3.05) is 4.72 Å². The molecule has 2 aromatic carbocycles. The van der Waals surface area contributed by atoms with E-state index in [9.17, 15) is 8.42 Å². The lowest BCUT2D eigenvalue weighted by atomic mass is 10.2. The SMILES string of the molecule is O=S(=O)(Nc1cnn(Cc2ccccc2Cl)c1)c1ccc(Br)cc1. The lowest BCUT2D eigenvalue weighted by Gasteiger charge is -2.06. The fourth-order valence-electron chi connectivity index (χ4n) is 2.13. The molecule has 0 fully saturated rings. The molecule has 1 aromatic heterocycles. The van der Waals surface area contributed by atoms with Crippen LogP contribution in [0.25, 0.3) is 0 Å². The molecule has 1 N–H and O–H groups in total. The molecule has 0 aliphatic heterocycles. The monoisotopic (exact) mass is 425 g/mol. The van der Waals surface area contributed by atoms with Crippen molar-refractivity contribution >= 4 is 43.2 Å². The third kappa shape index (κ3) is 3.98. The van der Waals surface area contributed by atoms with Crippen molar-refractivity contribution in [2.24, 2.45) is 0 Å². The third-order valence-corrected chi connectivity index (χ3v) is 5.59. The molecule has 8 heteroatoms. The van der Waals surface area contributed by atoms with Gasteiger partial charge in [-0.2, -0.15) is 5.10 Å². The third-order valence-electron chi connectivity index (χ3n) is 3.30. The summed E-state index contributed by atoms with van der Waals surface area (Å²) < 4.78 is 29.7. The van der Waals surface area contributed by atoms with Crippen LogP contribution in [0.15, 0.2) is 70.3 Å². The fourth-order valence-corrected chi connectivity index (χ4v) is 3.62. The molecular formula is C16H13BrClN3O2S. The average Bonchev–Trinajstić information content (AvgIpc) is 2.96. The van der Waals surface area contributed by atoms with Gasteiger partial charge in [-0.25, -0.2) is 8.42 Å². The predicted octanol–water partition coefficient (Wildman–Crippen LogP) is 4.15. The minimum Gasteiger partial charge on any atom is -0.276 e. The van der Waals surface area contributed by atoms with Gasteiger partial charge in [0.1, 0.15) is 0 Å². The predicted molar refractivity (Wildman–Crippen MR) is 97.7 cm³/mol. The van der Waals surface area contributed by atoms with E-state index < -0.39 is 10.0 Å². The number of rotatable bonds is 5. The Morgan fingerprint density at radius 1 is 1.12 bits per heavy atom. The van der Waals surface area contributed by atoms with Gasteiger partial charge >= 0.3 is 0 Å². The summed E-state index contributed by atoms with van der Waals surface area (Å²) in [5, 5.41) is 4.81. The van der Waals surface area contributed by atoms with E-state index in [1.807, 2.05) is 18.2 Å². The zero-order chi connectivity index (χ0) is 17.2. The summed E-state index contributed by atoms with van der Waals surface area (Å²) in [5.41, 5.74) is 1.30. The number of sulfonamides is 1. The van der Waals surface area contributed by atoms with E-state index in [0.29, 0.717) is 17.3 Å². The number of aromatic nitrogens is 2. The highest BCUT2D eigenvalue weighted by molar-refractivity contribution is 9.10. The van der Waals surface area contributed by atoms with Crippen LogP contribution in [0, 0.1) is 0 Å². The summed E-state index contributed by atoms with van der Waals surface area (Å²) in [6.07, 6.45) is 3.09. The summed E-state index contributed by atoms with van der Waals surface area (Å²) in [5.74, 6) is 0. The Morgan fingerprint density at radius 2 is 1.83 bits per heavy atom. The lowest BCUT2D eigenvalue weighted by molar-refractivity contribution is 0.601. The van der Waals surface area contributed by atoms with Crippen molar-refractivity contribution in [3.8, 4) is 0 Å². The summed E-state index contributed by atoms with van der Waals surface area (Å²) in [7, 11) is -3.65. The number of hydrogen-bond donors (Lipinski definition) is 1. The minimum atomic E-state index is -3.65. The molecule has 0 atom stereocenters. The van der Waals surface area contributed by atoms with Crippen LogP contribution in [-0.2, 0) is 16.6 Å². The maximum Gasteiger partial charge on any atom is 0.261 e. The molecule has 0 spiro atoms. The largest absolute Gasteiger partial charge is 0.276 e. The summed E-state index contributed by atoms with van der Waals surface area (Å²) >= 11 is 9.40. The first-order valence-electron chi connectivity index (χ1n) is 6.98. The van der Waals surface area contributed by atoms with E-state index >= 15 is 0 Å². The van der Waals surface area contributed by atoms with Gasteiger partial charge in [0, 0.05) is 15.7 Å². The number of halogens is 2. The number of hydrogen-bond acceptors (Lipinski definition) is 3. The average molecular weight is 427 g/mol. The normalized spacial score (nSPS) is 11.4. The van der Waals surface area contributed by atoms with Gasteiger partial charge in [-0.1, -0.05) is 45.7 Å². The molecule has 1 heterocycles. The highest BCUT2D eigenvalue weighted by Gasteiger charge is 2.15. The number of benzene rings is 2. The molecule has 0 amide bonds. The van der Waals surface area contributed by atoms with Crippen LogP contribution < -0.4 is 4.72 Å². The van der Waals surface area contributed by atoms with Crippen LogP contribution >= 0.6 is 27.5 Å². The van der Waals surface area contributed by atoms with Gasteiger partial charge < -0.3 is 0 Å². The van der Waals surface area contributed by atoms with Crippen LogP contribution in [0.2, 0.25) is 5.02 Å². The Balaban J connectivity index is 1.76. The second kappa shape index (κ2) is 6.96. The van der Waals surface area contributed by atoms with Crippen molar-refractivity contribution in [3.05, 3.63) is 76.0 Å². The van der Waals surface area contributed by atoms with Gasteiger partial charge in [-0.05, 0) is 35.9 Å². The van der Waals surface area contributed by atoms with E-state index in [2.05, 4.69) is 25.8 Å². The highest BCUT2D eigenvalue weighted by atomic mass is 79.9. The summed E-state index contributed by atoms with van der Waals surface area (Å²) in [6, 6.07) is 13.9. The van der Waals surface area contributed by atoms with Gasteiger partial charge in [0.25, 0.3) is 10.0 Å². The second-order valence-corrected chi connectivity index (χ2v) is 8.08. The Hall–Kier alpha value is -1.83. The van der Waals surface area contributed by atoms with E-state index in [1.165, 1.54) is 18.3 Å². The molecule has 0 bridgehead atoms. The Kier molecular flexibility index (Phi) is 4.93. The topological polar surface area (TPSA) is 64.0 Å². The maximum atomic E-state index is 12.4. The van der Waals surface area contributed by atoms with Crippen LogP contribution in [-0.4, -0.2) is 18.2 Å². The molecule has 0 saturated carbocycles. The van der Waals surface area contributed by atoms with E-state index in [0.717, 1.165) is 10.0 Å². The van der Waals surface area contributed by atoms with Crippen LogP contribution in [0.1, 0.15) is 5.56 Å².